The zero-order valence-electron chi connectivity index (χ0n) is 18.2. The molecule has 0 radical (unpaired) electrons. The van der Waals surface area contributed by atoms with Crippen LogP contribution in [0.15, 0.2) is 54.1 Å². The number of hydrogen-bond acceptors (Lipinski definition) is 5. The maximum Gasteiger partial charge on any atom is 0.280 e. The molecule has 0 atom stereocenters. The minimum atomic E-state index is -0.273. The third-order valence-corrected chi connectivity index (χ3v) is 6.35. The van der Waals surface area contributed by atoms with Crippen molar-refractivity contribution in [1.29, 1.82) is 5.26 Å². The summed E-state index contributed by atoms with van der Waals surface area (Å²) in [5.74, 6) is 0.368. The Morgan fingerprint density at radius 2 is 1.94 bits per heavy atom. The molecule has 2 fully saturated rings. The van der Waals surface area contributed by atoms with Gasteiger partial charge in [-0.25, -0.2) is 9.67 Å². The number of carbonyl (C=O) groups excluding carboxylic acids is 1. The summed E-state index contributed by atoms with van der Waals surface area (Å²) in [7, 11) is 0. The lowest BCUT2D eigenvalue weighted by Crippen LogP contribution is -2.49. The molecule has 0 bridgehead atoms. The second-order valence-electron chi connectivity index (χ2n) is 8.41. The van der Waals surface area contributed by atoms with Crippen LogP contribution in [0.1, 0.15) is 34.3 Å². The third-order valence-electron chi connectivity index (χ3n) is 6.35. The van der Waals surface area contributed by atoms with E-state index in [1.54, 1.807) is 42.6 Å². The second kappa shape index (κ2) is 8.52. The molecule has 1 aromatic carbocycles. The molecule has 1 amide bonds. The Bertz CT molecular complexity index is 1300. The van der Waals surface area contributed by atoms with Crippen molar-refractivity contribution in [3.8, 4) is 23.0 Å². The molecule has 5 rings (SSSR count). The Labute approximate surface area is 191 Å². The molecule has 1 aliphatic carbocycles. The largest absolute Gasteiger partial charge is 0.336 e. The maximum atomic E-state index is 13.1. The highest BCUT2D eigenvalue weighted by Crippen LogP contribution is 2.27. The van der Waals surface area contributed by atoms with E-state index in [0.717, 1.165) is 32.2 Å². The first-order chi connectivity index (χ1) is 16.1. The number of pyridine rings is 1. The van der Waals surface area contributed by atoms with Crippen LogP contribution in [0.25, 0.3) is 23.0 Å². The van der Waals surface area contributed by atoms with Crippen LogP contribution in [0, 0.1) is 11.3 Å². The first-order valence-electron chi connectivity index (χ1n) is 11.1. The lowest BCUT2D eigenvalue weighted by Gasteiger charge is -2.34. The van der Waals surface area contributed by atoms with Crippen molar-refractivity contribution in [2.75, 3.05) is 26.2 Å². The summed E-state index contributed by atoms with van der Waals surface area (Å²) in [6, 6.07) is 11.3. The number of hydrogen-bond donors (Lipinski definition) is 1. The average molecular weight is 441 g/mol. The van der Waals surface area contributed by atoms with Crippen molar-refractivity contribution in [1.82, 2.24) is 24.6 Å². The Morgan fingerprint density at radius 1 is 1.15 bits per heavy atom. The molecule has 33 heavy (non-hydrogen) atoms. The van der Waals surface area contributed by atoms with Gasteiger partial charge in [-0.05, 0) is 48.2 Å². The molecule has 1 aliphatic heterocycles. The van der Waals surface area contributed by atoms with E-state index in [1.165, 1.54) is 23.7 Å². The van der Waals surface area contributed by atoms with E-state index in [-0.39, 0.29) is 11.5 Å². The normalized spacial score (nSPS) is 16.4. The van der Waals surface area contributed by atoms with Gasteiger partial charge in [0.2, 0.25) is 0 Å². The first-order valence-corrected chi connectivity index (χ1v) is 11.1. The zero-order chi connectivity index (χ0) is 22.9. The van der Waals surface area contributed by atoms with Gasteiger partial charge in [0.1, 0.15) is 0 Å². The van der Waals surface area contributed by atoms with Gasteiger partial charge in [0.05, 0.1) is 22.8 Å². The quantitative estimate of drug-likeness (QED) is 0.658. The number of nitrogens with one attached hydrogen (secondary N) is 1. The summed E-state index contributed by atoms with van der Waals surface area (Å²) in [5.41, 5.74) is 2.57. The van der Waals surface area contributed by atoms with Crippen LogP contribution < -0.4 is 5.56 Å². The number of aromatic nitrogens is 3. The fraction of sp³-hybridized carbons (Fsp3) is 0.280. The number of amides is 1. The smallest absolute Gasteiger partial charge is 0.280 e. The third kappa shape index (κ3) is 3.99. The molecule has 8 heteroatoms. The summed E-state index contributed by atoms with van der Waals surface area (Å²) in [5, 5.41) is 12.1. The number of nitriles is 1. The lowest BCUT2D eigenvalue weighted by molar-refractivity contribution is 0.0627. The van der Waals surface area contributed by atoms with Gasteiger partial charge in [-0.1, -0.05) is 18.7 Å². The van der Waals surface area contributed by atoms with Gasteiger partial charge >= 0.3 is 0 Å². The highest BCUT2D eigenvalue weighted by atomic mass is 16.2. The fourth-order valence-electron chi connectivity index (χ4n) is 4.34. The average Bonchev–Trinajstić information content (AvgIpc) is 3.65. The molecule has 2 aliphatic rings. The molecule has 1 N–H and O–H groups in total. The minimum absolute atomic E-state index is 0.0303. The van der Waals surface area contributed by atoms with Gasteiger partial charge in [0.25, 0.3) is 11.5 Å². The minimum Gasteiger partial charge on any atom is -0.336 e. The molecule has 166 valence electrons. The fourth-order valence-corrected chi connectivity index (χ4v) is 4.34. The van der Waals surface area contributed by atoms with Crippen molar-refractivity contribution in [2.24, 2.45) is 0 Å². The predicted octanol–water partition coefficient (Wildman–Crippen LogP) is 2.66. The lowest BCUT2D eigenvalue weighted by atomic mass is 10.00. The van der Waals surface area contributed by atoms with Crippen molar-refractivity contribution in [2.45, 2.75) is 18.9 Å². The van der Waals surface area contributed by atoms with Crippen LogP contribution in [0.4, 0.5) is 0 Å². The molecule has 0 spiro atoms. The van der Waals surface area contributed by atoms with Crippen LogP contribution in [0.5, 0.6) is 0 Å². The van der Waals surface area contributed by atoms with Gasteiger partial charge in [-0.15, -0.1) is 0 Å². The highest BCUT2D eigenvalue weighted by molar-refractivity contribution is 5.94. The predicted molar refractivity (Wildman–Crippen MR) is 125 cm³/mol. The van der Waals surface area contributed by atoms with Crippen molar-refractivity contribution >= 4 is 12.0 Å². The Kier molecular flexibility index (Phi) is 5.40. The van der Waals surface area contributed by atoms with Gasteiger partial charge in [-0.2, -0.15) is 5.26 Å². The van der Waals surface area contributed by atoms with Crippen LogP contribution >= 0.6 is 0 Å². The molecule has 8 nitrogen and oxygen atoms in total. The van der Waals surface area contributed by atoms with Gasteiger partial charge in [0.15, 0.2) is 5.82 Å². The van der Waals surface area contributed by atoms with Crippen molar-refractivity contribution in [3.05, 3.63) is 76.3 Å². The van der Waals surface area contributed by atoms with Crippen molar-refractivity contribution < 1.29 is 4.79 Å². The van der Waals surface area contributed by atoms with Crippen LogP contribution in [0.3, 0.4) is 0 Å². The van der Waals surface area contributed by atoms with Gasteiger partial charge in [-0.3, -0.25) is 19.6 Å². The summed E-state index contributed by atoms with van der Waals surface area (Å²) in [6.07, 6.45) is 7.31. The van der Waals surface area contributed by atoms with E-state index < -0.39 is 0 Å². The monoisotopic (exact) mass is 440 g/mol. The van der Waals surface area contributed by atoms with Gasteiger partial charge in [0, 0.05) is 44.6 Å². The molecule has 0 unspecified atom stereocenters. The van der Waals surface area contributed by atoms with E-state index in [2.05, 4.69) is 27.6 Å². The zero-order valence-corrected chi connectivity index (χ0v) is 18.2. The summed E-state index contributed by atoms with van der Waals surface area (Å²) in [6.45, 7) is 7.09. The summed E-state index contributed by atoms with van der Waals surface area (Å²) in [4.78, 5) is 34.6. The Balaban J connectivity index is 1.35. The number of H-pyrrole nitrogens is 1. The molecule has 3 heterocycles. The number of aromatic amines is 1. The van der Waals surface area contributed by atoms with Crippen LogP contribution in [-0.4, -0.2) is 62.7 Å². The van der Waals surface area contributed by atoms with Gasteiger partial charge < -0.3 is 4.90 Å². The van der Waals surface area contributed by atoms with E-state index in [4.69, 9.17) is 5.26 Å². The maximum absolute atomic E-state index is 13.1. The summed E-state index contributed by atoms with van der Waals surface area (Å²) >= 11 is 0. The van der Waals surface area contributed by atoms with E-state index in [9.17, 15) is 9.59 Å². The Morgan fingerprint density at radius 3 is 2.58 bits per heavy atom. The Hall–Kier alpha value is -3.96. The first kappa shape index (κ1) is 20.9. The SMILES string of the molecule is C=Cc1cc(C#N)ccc1-c1c[nH]n(-c2ccc(C(=O)N3CCN(C4CC4)CC3)cn2)c1=O. The van der Waals surface area contributed by atoms with Crippen LogP contribution in [0.2, 0.25) is 0 Å². The number of piperazine rings is 1. The standard InChI is InChI=1S/C25H24N6O2/c1-2-18-13-17(14-26)3-7-21(18)22-16-28-31(25(22)33)23-8-4-19(15-27-23)24(32)30-11-9-29(10-12-30)20-5-6-20/h2-4,7-8,13,15-16,20,28H,1,5-6,9-12H2. The van der Waals surface area contributed by atoms with E-state index in [1.807, 2.05) is 4.90 Å². The molecule has 2 aromatic heterocycles. The number of carbonyl (C=O) groups is 1. The van der Waals surface area contributed by atoms with E-state index in [0.29, 0.717) is 33.6 Å². The van der Waals surface area contributed by atoms with Crippen molar-refractivity contribution in [3.63, 3.8) is 0 Å². The molecule has 1 saturated carbocycles. The number of rotatable bonds is 5. The van der Waals surface area contributed by atoms with E-state index >= 15 is 0 Å². The summed E-state index contributed by atoms with van der Waals surface area (Å²) < 4.78 is 1.34. The highest BCUT2D eigenvalue weighted by Gasteiger charge is 2.32. The molecule has 1 saturated heterocycles. The molecular formula is C25H24N6O2. The number of nitrogens with zero attached hydrogens (tertiary/aromatic N) is 5. The molecule has 3 aromatic rings. The number of benzene rings is 1. The topological polar surface area (TPSA) is 98.0 Å². The second-order valence-corrected chi connectivity index (χ2v) is 8.41. The molecular weight excluding hydrogens is 416 g/mol. The van der Waals surface area contributed by atoms with Crippen LogP contribution in [-0.2, 0) is 0 Å².